The molecule has 1 heterocycles. The Morgan fingerprint density at radius 1 is 0.889 bits per heavy atom. The van der Waals surface area contributed by atoms with Crippen LogP contribution < -0.4 is 0 Å². The minimum Gasteiger partial charge on any atom is -0.336 e. The van der Waals surface area contributed by atoms with Crippen LogP contribution in [0.15, 0.2) is 75.4 Å². The minimum absolute atomic E-state index is 0.248. The minimum atomic E-state index is -4.43. The lowest BCUT2D eigenvalue weighted by atomic mass is 10.1. The number of carbonyl (C=O) groups excluding carboxylic acids is 1. The number of hydrogen-bond donors (Lipinski definition) is 0. The van der Waals surface area contributed by atoms with Crippen LogP contribution in [0.2, 0.25) is 0 Å². The van der Waals surface area contributed by atoms with Crippen molar-refractivity contribution in [2.24, 2.45) is 0 Å². The molecule has 4 rings (SSSR count). The van der Waals surface area contributed by atoms with Crippen LogP contribution in [-0.2, 0) is 6.18 Å². The molecule has 4 nitrogen and oxygen atoms in total. The van der Waals surface area contributed by atoms with Crippen LogP contribution in [0.25, 0.3) is 0 Å². The van der Waals surface area contributed by atoms with Gasteiger partial charge < -0.3 is 4.90 Å². The van der Waals surface area contributed by atoms with Crippen molar-refractivity contribution in [3.8, 4) is 6.07 Å². The zero-order valence-corrected chi connectivity index (χ0v) is 21.4. The topological polar surface area (TPSA) is 47.3 Å². The summed E-state index contributed by atoms with van der Waals surface area (Å²) in [5, 5.41) is 9.40. The van der Waals surface area contributed by atoms with E-state index >= 15 is 0 Å². The average molecular weight is 528 g/mol. The molecule has 0 aliphatic carbocycles. The van der Waals surface area contributed by atoms with Gasteiger partial charge in [0.1, 0.15) is 0 Å². The fourth-order valence-corrected chi connectivity index (χ4v) is 6.20. The molecule has 1 saturated heterocycles. The van der Waals surface area contributed by atoms with Crippen LogP contribution in [0.5, 0.6) is 0 Å². The second-order valence-corrected chi connectivity index (χ2v) is 10.8. The van der Waals surface area contributed by atoms with Gasteiger partial charge >= 0.3 is 6.18 Å². The van der Waals surface area contributed by atoms with Crippen molar-refractivity contribution in [1.29, 1.82) is 5.26 Å². The van der Waals surface area contributed by atoms with Gasteiger partial charge in [-0.1, -0.05) is 17.8 Å². The van der Waals surface area contributed by atoms with E-state index in [-0.39, 0.29) is 11.5 Å². The average Bonchev–Trinajstić information content (AvgIpc) is 2.84. The van der Waals surface area contributed by atoms with Crippen molar-refractivity contribution in [1.82, 2.24) is 9.21 Å². The monoisotopic (exact) mass is 527 g/mol. The predicted molar refractivity (Wildman–Crippen MR) is 136 cm³/mol. The first-order valence-corrected chi connectivity index (χ1v) is 12.9. The van der Waals surface area contributed by atoms with Gasteiger partial charge in [-0.05, 0) is 91.5 Å². The van der Waals surface area contributed by atoms with Gasteiger partial charge in [-0.3, -0.25) is 4.79 Å². The highest BCUT2D eigenvalue weighted by Gasteiger charge is 2.31. The van der Waals surface area contributed by atoms with Gasteiger partial charge in [-0.2, -0.15) is 18.4 Å². The normalized spacial score (nSPS) is 14.5. The van der Waals surface area contributed by atoms with E-state index in [4.69, 9.17) is 0 Å². The first kappa shape index (κ1) is 26.1. The number of nitriles is 1. The highest BCUT2D eigenvalue weighted by molar-refractivity contribution is 8.01. The zero-order valence-electron chi connectivity index (χ0n) is 19.8. The third-order valence-corrected chi connectivity index (χ3v) is 8.04. The quantitative estimate of drug-likeness (QED) is 0.341. The molecule has 0 bridgehead atoms. The van der Waals surface area contributed by atoms with Crippen molar-refractivity contribution in [2.75, 3.05) is 26.2 Å². The van der Waals surface area contributed by atoms with Gasteiger partial charge in [-0.15, -0.1) is 0 Å². The molecule has 3 aromatic carbocycles. The summed E-state index contributed by atoms with van der Waals surface area (Å²) < 4.78 is 40.6. The maximum absolute atomic E-state index is 12.8. The summed E-state index contributed by atoms with van der Waals surface area (Å²) in [6.45, 7) is 6.26. The van der Waals surface area contributed by atoms with Crippen molar-refractivity contribution in [3.63, 3.8) is 0 Å². The van der Waals surface area contributed by atoms with Gasteiger partial charge in [-0.25, -0.2) is 4.31 Å². The van der Waals surface area contributed by atoms with Crippen molar-refractivity contribution in [2.45, 2.75) is 34.7 Å². The number of nitrogens with zero attached hydrogens (tertiary/aromatic N) is 3. The third-order valence-electron chi connectivity index (χ3n) is 5.71. The number of alkyl halides is 3. The summed E-state index contributed by atoms with van der Waals surface area (Å²) in [5.74, 6) is -0.272. The summed E-state index contributed by atoms with van der Waals surface area (Å²) >= 11 is 3.22. The molecule has 0 unspecified atom stereocenters. The Hall–Kier alpha value is -2.93. The highest BCUT2D eigenvalue weighted by Crippen LogP contribution is 2.38. The molecular weight excluding hydrogens is 503 g/mol. The first-order chi connectivity index (χ1) is 17.1. The van der Waals surface area contributed by atoms with E-state index in [1.807, 2.05) is 18.2 Å². The largest absolute Gasteiger partial charge is 0.416 e. The van der Waals surface area contributed by atoms with Crippen LogP contribution in [0.3, 0.4) is 0 Å². The van der Waals surface area contributed by atoms with Crippen LogP contribution in [0.1, 0.15) is 32.6 Å². The lowest BCUT2D eigenvalue weighted by Crippen LogP contribution is -2.46. The molecule has 0 atom stereocenters. The van der Waals surface area contributed by atoms with E-state index in [1.54, 1.807) is 28.6 Å². The lowest BCUT2D eigenvalue weighted by molar-refractivity contribution is -0.137. The molecule has 0 radical (unpaired) electrons. The SMILES string of the molecule is Cc1cc(C)cc(Sc2ccc(C#N)cc2SN2CCN(C(=O)c3ccc(C(F)(F)F)cc3)CC2)c1. The molecule has 3 aromatic rings. The van der Waals surface area contributed by atoms with E-state index in [0.717, 1.165) is 26.8 Å². The van der Waals surface area contributed by atoms with Crippen molar-refractivity contribution < 1.29 is 18.0 Å². The summed E-state index contributed by atoms with van der Waals surface area (Å²) in [7, 11) is 0. The smallest absolute Gasteiger partial charge is 0.336 e. The Morgan fingerprint density at radius 2 is 1.53 bits per heavy atom. The molecular formula is C27H24F3N3OS2. The van der Waals surface area contributed by atoms with Crippen LogP contribution in [0.4, 0.5) is 13.2 Å². The molecule has 1 amide bonds. The van der Waals surface area contributed by atoms with Crippen LogP contribution in [-0.4, -0.2) is 41.3 Å². The molecule has 0 N–H and O–H groups in total. The Kier molecular flexibility index (Phi) is 7.98. The maximum atomic E-state index is 12.8. The fourth-order valence-electron chi connectivity index (χ4n) is 3.96. The van der Waals surface area contributed by atoms with E-state index in [0.29, 0.717) is 31.7 Å². The number of amides is 1. The second kappa shape index (κ2) is 11.0. The van der Waals surface area contributed by atoms with Crippen LogP contribution >= 0.6 is 23.7 Å². The number of rotatable bonds is 5. The predicted octanol–water partition coefficient (Wildman–Crippen LogP) is 6.81. The van der Waals surface area contributed by atoms with E-state index in [1.165, 1.54) is 23.3 Å². The van der Waals surface area contributed by atoms with Gasteiger partial charge in [0.15, 0.2) is 0 Å². The molecule has 0 saturated carbocycles. The number of benzene rings is 3. The third kappa shape index (κ3) is 6.44. The van der Waals surface area contributed by atoms with E-state index in [2.05, 4.69) is 42.4 Å². The Morgan fingerprint density at radius 3 is 2.11 bits per heavy atom. The Balaban J connectivity index is 1.42. The summed E-state index contributed by atoms with van der Waals surface area (Å²) in [5.41, 5.74) is 2.44. The van der Waals surface area contributed by atoms with Gasteiger partial charge in [0.05, 0.1) is 17.2 Å². The van der Waals surface area contributed by atoms with Crippen molar-refractivity contribution in [3.05, 3.63) is 88.5 Å². The molecule has 1 aliphatic rings. The van der Waals surface area contributed by atoms with Gasteiger partial charge in [0.2, 0.25) is 0 Å². The zero-order chi connectivity index (χ0) is 25.9. The number of piperazine rings is 1. The summed E-state index contributed by atoms with van der Waals surface area (Å²) in [4.78, 5) is 17.6. The molecule has 9 heteroatoms. The fraction of sp³-hybridized carbons (Fsp3) is 0.259. The summed E-state index contributed by atoms with van der Waals surface area (Å²) in [6.07, 6.45) is -4.43. The Bertz CT molecular complexity index is 1270. The van der Waals surface area contributed by atoms with Crippen LogP contribution in [0, 0.1) is 25.2 Å². The maximum Gasteiger partial charge on any atom is 0.416 e. The lowest BCUT2D eigenvalue weighted by Gasteiger charge is -2.34. The van der Waals surface area contributed by atoms with E-state index < -0.39 is 11.7 Å². The first-order valence-electron chi connectivity index (χ1n) is 11.3. The molecule has 186 valence electrons. The van der Waals surface area contributed by atoms with Gasteiger partial charge in [0, 0.05) is 46.4 Å². The molecule has 36 heavy (non-hydrogen) atoms. The number of carbonyl (C=O) groups is 1. The highest BCUT2D eigenvalue weighted by atomic mass is 32.2. The number of aryl methyl sites for hydroxylation is 2. The van der Waals surface area contributed by atoms with Crippen molar-refractivity contribution >= 4 is 29.6 Å². The number of halogens is 3. The van der Waals surface area contributed by atoms with E-state index in [9.17, 15) is 23.2 Å². The number of hydrogen-bond acceptors (Lipinski definition) is 5. The molecule has 1 aliphatic heterocycles. The van der Waals surface area contributed by atoms with Gasteiger partial charge in [0.25, 0.3) is 5.91 Å². The molecule has 1 fully saturated rings. The molecule has 0 aromatic heterocycles. The standard InChI is InChI=1S/C27H24F3N3OS2/c1-18-13-19(2)15-23(14-18)35-24-8-3-20(17-31)16-25(24)36-33-11-9-32(10-12-33)26(34)21-4-6-22(7-5-21)27(28,29)30/h3-8,13-16H,9-12H2,1-2H3. The second-order valence-electron chi connectivity index (χ2n) is 8.59. The molecule has 0 spiro atoms. The summed E-state index contributed by atoms with van der Waals surface area (Å²) in [6, 6.07) is 18.6. The Labute approximate surface area is 217 Å².